The summed E-state index contributed by atoms with van der Waals surface area (Å²) in [6.07, 6.45) is 1.01. The molecule has 1 fully saturated rings. The maximum absolute atomic E-state index is 11.4. The topological polar surface area (TPSA) is 111 Å². The van der Waals surface area contributed by atoms with Gasteiger partial charge in [-0.2, -0.15) is 0 Å². The van der Waals surface area contributed by atoms with Crippen molar-refractivity contribution in [3.05, 3.63) is 28.3 Å². The van der Waals surface area contributed by atoms with Crippen LogP contribution in [0.3, 0.4) is 0 Å². The summed E-state index contributed by atoms with van der Waals surface area (Å²) in [7, 11) is -3.51. The number of nitrogens with one attached hydrogen (secondary N) is 1. The van der Waals surface area contributed by atoms with Gasteiger partial charge in [0.15, 0.2) is 0 Å². The second kappa shape index (κ2) is 7.57. The highest BCUT2D eigenvalue weighted by atomic mass is 32.2. The largest absolute Gasteiger partial charge is 0.490 e. The van der Waals surface area contributed by atoms with E-state index in [2.05, 4.69) is 9.62 Å². The molecule has 0 unspecified atom stereocenters. The summed E-state index contributed by atoms with van der Waals surface area (Å²) in [4.78, 5) is 12.4. The molecule has 1 aliphatic heterocycles. The smallest absolute Gasteiger partial charge is 0.273 e. The number of sulfonamides is 1. The highest BCUT2D eigenvalue weighted by molar-refractivity contribution is 7.92. The minimum absolute atomic E-state index is 0.137. The van der Waals surface area contributed by atoms with E-state index in [1.165, 1.54) is 18.2 Å². The Balaban J connectivity index is 2.06. The molecule has 1 aromatic carbocycles. The predicted molar refractivity (Wildman–Crippen MR) is 84.3 cm³/mol. The third kappa shape index (κ3) is 5.66. The van der Waals surface area contributed by atoms with Crippen LogP contribution < -0.4 is 9.46 Å². The SMILES string of the molecule is CS(=O)(=O)Nc1ccc([N+](=O)[O-])cc1OCCN1CCOCC1. The number of non-ortho nitro benzene ring substituents is 1. The van der Waals surface area contributed by atoms with Crippen LogP contribution in [-0.4, -0.2) is 64.0 Å². The molecule has 1 saturated heterocycles. The van der Waals surface area contributed by atoms with Crippen LogP contribution in [-0.2, 0) is 14.8 Å². The fourth-order valence-corrected chi connectivity index (χ4v) is 2.71. The van der Waals surface area contributed by atoms with E-state index in [9.17, 15) is 18.5 Å². The quantitative estimate of drug-likeness (QED) is 0.571. The van der Waals surface area contributed by atoms with Crippen molar-refractivity contribution >= 4 is 21.4 Å². The first-order valence-electron chi connectivity index (χ1n) is 7.04. The summed E-state index contributed by atoms with van der Waals surface area (Å²) >= 11 is 0. The van der Waals surface area contributed by atoms with Gasteiger partial charge < -0.3 is 9.47 Å². The number of nitro benzene ring substituents is 1. The van der Waals surface area contributed by atoms with Crippen molar-refractivity contribution in [2.45, 2.75) is 0 Å². The van der Waals surface area contributed by atoms with Crippen LogP contribution in [0.2, 0.25) is 0 Å². The van der Waals surface area contributed by atoms with Crippen molar-refractivity contribution < 1.29 is 22.8 Å². The number of rotatable bonds is 7. The van der Waals surface area contributed by atoms with Crippen LogP contribution in [0, 0.1) is 10.1 Å². The summed E-state index contributed by atoms with van der Waals surface area (Å²) < 4.78 is 35.8. The van der Waals surface area contributed by atoms with E-state index in [-0.39, 0.29) is 17.1 Å². The number of hydrogen-bond donors (Lipinski definition) is 1. The van der Waals surface area contributed by atoms with E-state index in [1.807, 2.05) is 0 Å². The third-order valence-corrected chi connectivity index (χ3v) is 3.83. The molecule has 10 heteroatoms. The maximum atomic E-state index is 11.4. The minimum atomic E-state index is -3.51. The number of ether oxygens (including phenoxy) is 2. The van der Waals surface area contributed by atoms with Gasteiger partial charge in [-0.3, -0.25) is 19.7 Å². The van der Waals surface area contributed by atoms with Crippen molar-refractivity contribution in [1.82, 2.24) is 4.90 Å². The van der Waals surface area contributed by atoms with E-state index < -0.39 is 14.9 Å². The summed E-state index contributed by atoms with van der Waals surface area (Å²) in [5, 5.41) is 10.9. The summed E-state index contributed by atoms with van der Waals surface area (Å²) in [6.45, 7) is 3.85. The molecule has 1 N–H and O–H groups in total. The van der Waals surface area contributed by atoms with Gasteiger partial charge in [0, 0.05) is 25.7 Å². The van der Waals surface area contributed by atoms with Gasteiger partial charge in [-0.1, -0.05) is 0 Å². The molecular formula is C13H19N3O6S. The second-order valence-electron chi connectivity index (χ2n) is 5.11. The Kier molecular flexibility index (Phi) is 5.74. The van der Waals surface area contributed by atoms with Gasteiger partial charge in [-0.15, -0.1) is 0 Å². The molecule has 0 aromatic heterocycles. The molecule has 0 radical (unpaired) electrons. The van der Waals surface area contributed by atoms with E-state index in [0.29, 0.717) is 26.4 Å². The lowest BCUT2D eigenvalue weighted by molar-refractivity contribution is -0.384. The monoisotopic (exact) mass is 345 g/mol. The van der Waals surface area contributed by atoms with E-state index in [0.717, 1.165) is 19.3 Å². The molecule has 0 atom stereocenters. The van der Waals surface area contributed by atoms with Gasteiger partial charge in [0.1, 0.15) is 12.4 Å². The molecule has 0 amide bonds. The van der Waals surface area contributed by atoms with E-state index in [4.69, 9.17) is 9.47 Å². The Bertz CT molecular complexity index is 658. The lowest BCUT2D eigenvalue weighted by atomic mass is 10.2. The Morgan fingerprint density at radius 3 is 2.70 bits per heavy atom. The highest BCUT2D eigenvalue weighted by Gasteiger charge is 2.15. The molecule has 0 saturated carbocycles. The zero-order valence-electron chi connectivity index (χ0n) is 12.7. The first-order valence-corrected chi connectivity index (χ1v) is 8.93. The van der Waals surface area contributed by atoms with Gasteiger partial charge in [-0.05, 0) is 6.07 Å². The molecule has 1 aromatic rings. The molecular weight excluding hydrogens is 326 g/mol. The van der Waals surface area contributed by atoms with Crippen molar-refractivity contribution in [3.63, 3.8) is 0 Å². The minimum Gasteiger partial charge on any atom is -0.490 e. The van der Waals surface area contributed by atoms with Gasteiger partial charge >= 0.3 is 0 Å². The molecule has 23 heavy (non-hydrogen) atoms. The summed E-state index contributed by atoms with van der Waals surface area (Å²) in [5.41, 5.74) is 0.0190. The fraction of sp³-hybridized carbons (Fsp3) is 0.538. The second-order valence-corrected chi connectivity index (χ2v) is 6.86. The standard InChI is InChI=1S/C13H19N3O6S/c1-23(19,20)14-12-3-2-11(16(17)18)10-13(12)22-9-6-15-4-7-21-8-5-15/h2-3,10,14H,4-9H2,1H3. The molecule has 1 aliphatic rings. The van der Waals surface area contributed by atoms with Gasteiger partial charge in [0.25, 0.3) is 5.69 Å². The predicted octanol–water partition coefficient (Wildman–Crippen LogP) is 0.677. The average Bonchev–Trinajstić information content (AvgIpc) is 2.48. The van der Waals surface area contributed by atoms with Gasteiger partial charge in [0.05, 0.1) is 36.1 Å². The van der Waals surface area contributed by atoms with Crippen LogP contribution in [0.5, 0.6) is 5.75 Å². The number of anilines is 1. The fourth-order valence-electron chi connectivity index (χ4n) is 2.14. The zero-order chi connectivity index (χ0) is 16.9. The lowest BCUT2D eigenvalue weighted by Gasteiger charge is -2.26. The van der Waals surface area contributed by atoms with Crippen molar-refractivity contribution in [1.29, 1.82) is 0 Å². The molecule has 9 nitrogen and oxygen atoms in total. The first kappa shape index (κ1) is 17.4. The number of morpholine rings is 1. The molecule has 0 aliphatic carbocycles. The number of nitro groups is 1. The Morgan fingerprint density at radius 2 is 2.09 bits per heavy atom. The van der Waals surface area contributed by atoms with Crippen LogP contribution >= 0.6 is 0 Å². The maximum Gasteiger partial charge on any atom is 0.273 e. The average molecular weight is 345 g/mol. The van der Waals surface area contributed by atoms with Crippen LogP contribution in [0.15, 0.2) is 18.2 Å². The number of hydrogen-bond acceptors (Lipinski definition) is 7. The lowest BCUT2D eigenvalue weighted by Crippen LogP contribution is -2.38. The summed E-state index contributed by atoms with van der Waals surface area (Å²) in [5.74, 6) is 0.137. The van der Waals surface area contributed by atoms with Crippen LogP contribution in [0.1, 0.15) is 0 Å². The Hall–Kier alpha value is -1.91. The Labute approximate surface area is 134 Å². The Morgan fingerprint density at radius 1 is 1.39 bits per heavy atom. The first-order chi connectivity index (χ1) is 10.8. The van der Waals surface area contributed by atoms with Crippen molar-refractivity contribution in [2.24, 2.45) is 0 Å². The molecule has 128 valence electrons. The summed E-state index contributed by atoms with van der Waals surface area (Å²) in [6, 6.07) is 3.76. The van der Waals surface area contributed by atoms with Crippen LogP contribution in [0.25, 0.3) is 0 Å². The number of nitrogens with zero attached hydrogens (tertiary/aromatic N) is 2. The van der Waals surface area contributed by atoms with Crippen LogP contribution in [0.4, 0.5) is 11.4 Å². The molecule has 0 bridgehead atoms. The zero-order valence-corrected chi connectivity index (χ0v) is 13.5. The van der Waals surface area contributed by atoms with Gasteiger partial charge in [-0.25, -0.2) is 8.42 Å². The molecule has 2 rings (SSSR count). The number of benzene rings is 1. The van der Waals surface area contributed by atoms with E-state index in [1.54, 1.807) is 0 Å². The van der Waals surface area contributed by atoms with Crippen molar-refractivity contribution in [2.75, 3.05) is 50.4 Å². The molecule has 0 spiro atoms. The molecule has 1 heterocycles. The van der Waals surface area contributed by atoms with Crippen molar-refractivity contribution in [3.8, 4) is 5.75 Å². The highest BCUT2D eigenvalue weighted by Crippen LogP contribution is 2.30. The van der Waals surface area contributed by atoms with E-state index >= 15 is 0 Å². The third-order valence-electron chi connectivity index (χ3n) is 3.24. The normalized spacial score (nSPS) is 16.0. The van der Waals surface area contributed by atoms with Gasteiger partial charge in [0.2, 0.25) is 10.0 Å².